The summed E-state index contributed by atoms with van der Waals surface area (Å²) in [6, 6.07) is 15.7. The molecule has 2 heterocycles. The fourth-order valence-electron chi connectivity index (χ4n) is 3.93. The molecule has 0 radical (unpaired) electrons. The molecule has 6 nitrogen and oxygen atoms in total. The van der Waals surface area contributed by atoms with Crippen LogP contribution in [-0.2, 0) is 11.2 Å². The van der Waals surface area contributed by atoms with E-state index in [-0.39, 0.29) is 18.4 Å². The topological polar surface area (TPSA) is 64.8 Å². The molecule has 1 aliphatic heterocycles. The van der Waals surface area contributed by atoms with E-state index in [1.54, 1.807) is 13.3 Å². The van der Waals surface area contributed by atoms with Crippen LogP contribution in [0.25, 0.3) is 0 Å². The van der Waals surface area contributed by atoms with Crippen molar-refractivity contribution in [2.75, 3.05) is 26.8 Å². The van der Waals surface area contributed by atoms with Gasteiger partial charge in [0.1, 0.15) is 17.3 Å². The van der Waals surface area contributed by atoms with Crippen molar-refractivity contribution < 1.29 is 18.7 Å². The molecule has 0 unspecified atom stereocenters. The van der Waals surface area contributed by atoms with Gasteiger partial charge in [-0.15, -0.1) is 0 Å². The summed E-state index contributed by atoms with van der Waals surface area (Å²) in [5.74, 6) is 3.20. The van der Waals surface area contributed by atoms with Gasteiger partial charge in [-0.3, -0.25) is 4.79 Å². The zero-order valence-electron chi connectivity index (χ0n) is 18.0. The smallest absolute Gasteiger partial charge is 0.260 e. The summed E-state index contributed by atoms with van der Waals surface area (Å²) in [4.78, 5) is 19.1. The third kappa shape index (κ3) is 5.26. The highest BCUT2D eigenvalue weighted by molar-refractivity contribution is 5.78. The number of amides is 1. The molecule has 0 N–H and O–H groups in total. The Labute approximate surface area is 182 Å². The molecular weight excluding hydrogens is 392 g/mol. The maximum atomic E-state index is 12.7. The van der Waals surface area contributed by atoms with Crippen LogP contribution >= 0.6 is 0 Å². The van der Waals surface area contributed by atoms with Gasteiger partial charge in [0, 0.05) is 19.5 Å². The van der Waals surface area contributed by atoms with E-state index >= 15 is 0 Å². The summed E-state index contributed by atoms with van der Waals surface area (Å²) in [7, 11) is 1.66. The number of carbonyl (C=O) groups is 1. The number of nitrogens with zero attached hydrogens (tertiary/aromatic N) is 2. The number of ether oxygens (including phenoxy) is 2. The third-order valence-electron chi connectivity index (χ3n) is 5.65. The number of piperidine rings is 1. The molecule has 1 saturated heterocycles. The molecule has 0 spiro atoms. The van der Waals surface area contributed by atoms with Crippen molar-refractivity contribution in [3.05, 3.63) is 77.5 Å². The minimum Gasteiger partial charge on any atom is -0.497 e. The summed E-state index contributed by atoms with van der Waals surface area (Å²) in [6.45, 7) is 3.37. The molecule has 1 aliphatic rings. The van der Waals surface area contributed by atoms with Crippen molar-refractivity contribution in [1.29, 1.82) is 0 Å². The van der Waals surface area contributed by atoms with Crippen LogP contribution in [0.15, 0.2) is 59.1 Å². The van der Waals surface area contributed by atoms with Crippen LogP contribution in [0, 0.1) is 6.92 Å². The summed E-state index contributed by atoms with van der Waals surface area (Å²) in [5.41, 5.74) is 2.13. The maximum Gasteiger partial charge on any atom is 0.260 e. The second kappa shape index (κ2) is 9.69. The predicted octanol–water partition coefficient (Wildman–Crippen LogP) is 4.37. The lowest BCUT2D eigenvalue weighted by Gasteiger charge is -2.31. The van der Waals surface area contributed by atoms with Gasteiger partial charge in [-0.05, 0) is 49.1 Å². The van der Waals surface area contributed by atoms with Gasteiger partial charge in [0.25, 0.3) is 5.91 Å². The monoisotopic (exact) mass is 420 g/mol. The minimum absolute atomic E-state index is 0.00360. The van der Waals surface area contributed by atoms with Gasteiger partial charge >= 0.3 is 0 Å². The number of hydrogen-bond donors (Lipinski definition) is 0. The number of aromatic nitrogens is 1. The van der Waals surface area contributed by atoms with Crippen molar-refractivity contribution in [2.24, 2.45) is 0 Å². The minimum atomic E-state index is -0.00360. The maximum absolute atomic E-state index is 12.7. The largest absolute Gasteiger partial charge is 0.497 e. The van der Waals surface area contributed by atoms with Gasteiger partial charge in [0.15, 0.2) is 12.5 Å². The Hall–Kier alpha value is -3.28. The molecule has 162 valence electrons. The van der Waals surface area contributed by atoms with E-state index < -0.39 is 0 Å². The Morgan fingerprint density at radius 2 is 2.10 bits per heavy atom. The average Bonchev–Trinajstić information content (AvgIpc) is 3.27. The molecule has 0 bridgehead atoms. The van der Waals surface area contributed by atoms with E-state index in [4.69, 9.17) is 13.9 Å². The normalized spacial score (nSPS) is 16.2. The van der Waals surface area contributed by atoms with Crippen LogP contribution in [0.3, 0.4) is 0 Å². The number of aryl methyl sites for hydroxylation is 1. The summed E-state index contributed by atoms with van der Waals surface area (Å²) >= 11 is 0. The highest BCUT2D eigenvalue weighted by atomic mass is 16.5. The second-order valence-corrected chi connectivity index (χ2v) is 7.93. The number of rotatable bonds is 7. The summed E-state index contributed by atoms with van der Waals surface area (Å²) < 4.78 is 17.1. The molecule has 6 heteroatoms. The first kappa shape index (κ1) is 21.0. The summed E-state index contributed by atoms with van der Waals surface area (Å²) in [6.07, 6.45) is 4.33. The van der Waals surface area contributed by atoms with Crippen molar-refractivity contribution in [1.82, 2.24) is 9.88 Å². The Bertz CT molecular complexity index is 1030. The SMILES string of the molecule is COc1cccc(Cc2cnc([C@H]3CCCN(C(=O)COc4ccccc4C)C3)o2)c1. The standard InChI is InChI=1S/C25H28N2O4/c1-18-7-3-4-11-23(18)30-17-24(28)27-12-6-9-20(16-27)25-26-15-22(31-25)14-19-8-5-10-21(13-19)29-2/h3-5,7-8,10-11,13,15,20H,6,9,12,14,16-17H2,1-2H3/t20-/m0/s1. The molecule has 1 aromatic heterocycles. The third-order valence-corrected chi connectivity index (χ3v) is 5.65. The van der Waals surface area contributed by atoms with E-state index in [9.17, 15) is 4.79 Å². The number of benzene rings is 2. The second-order valence-electron chi connectivity index (χ2n) is 7.93. The fraction of sp³-hybridized carbons (Fsp3) is 0.360. The number of carbonyl (C=O) groups excluding carboxylic acids is 1. The van der Waals surface area contributed by atoms with Crippen LogP contribution in [0.2, 0.25) is 0 Å². The van der Waals surface area contributed by atoms with Gasteiger partial charge in [-0.25, -0.2) is 4.98 Å². The first-order valence-electron chi connectivity index (χ1n) is 10.7. The Kier molecular flexibility index (Phi) is 6.55. The van der Waals surface area contributed by atoms with Crippen LogP contribution in [-0.4, -0.2) is 42.6 Å². The quantitative estimate of drug-likeness (QED) is 0.568. The molecule has 0 saturated carbocycles. The molecule has 0 aliphatic carbocycles. The van der Waals surface area contributed by atoms with Gasteiger partial charge < -0.3 is 18.8 Å². The van der Waals surface area contributed by atoms with Crippen LogP contribution in [0.4, 0.5) is 0 Å². The van der Waals surface area contributed by atoms with E-state index in [0.717, 1.165) is 47.8 Å². The fourth-order valence-corrected chi connectivity index (χ4v) is 3.93. The molecular formula is C25H28N2O4. The van der Waals surface area contributed by atoms with Gasteiger partial charge in [-0.2, -0.15) is 0 Å². The highest BCUT2D eigenvalue weighted by Crippen LogP contribution is 2.28. The van der Waals surface area contributed by atoms with Crippen LogP contribution in [0.1, 0.15) is 41.5 Å². The number of para-hydroxylation sites is 1. The van der Waals surface area contributed by atoms with E-state index in [0.29, 0.717) is 18.9 Å². The van der Waals surface area contributed by atoms with E-state index in [1.165, 1.54) is 0 Å². The first-order chi connectivity index (χ1) is 15.1. The molecule has 2 aromatic carbocycles. The van der Waals surface area contributed by atoms with Crippen LogP contribution < -0.4 is 9.47 Å². The molecule has 31 heavy (non-hydrogen) atoms. The first-order valence-corrected chi connectivity index (χ1v) is 10.7. The Morgan fingerprint density at radius 3 is 2.94 bits per heavy atom. The Morgan fingerprint density at radius 1 is 1.23 bits per heavy atom. The molecule has 1 fully saturated rings. The van der Waals surface area contributed by atoms with Gasteiger partial charge in [-0.1, -0.05) is 30.3 Å². The lowest BCUT2D eigenvalue weighted by Crippen LogP contribution is -2.41. The van der Waals surface area contributed by atoms with Crippen molar-refractivity contribution in [3.8, 4) is 11.5 Å². The Balaban J connectivity index is 1.35. The molecule has 1 atom stereocenters. The average molecular weight is 421 g/mol. The van der Waals surface area contributed by atoms with Gasteiger partial charge in [0.05, 0.1) is 19.2 Å². The van der Waals surface area contributed by atoms with Crippen molar-refractivity contribution in [3.63, 3.8) is 0 Å². The zero-order valence-corrected chi connectivity index (χ0v) is 18.0. The lowest BCUT2D eigenvalue weighted by molar-refractivity contribution is -0.134. The number of likely N-dealkylation sites (tertiary alicyclic amines) is 1. The van der Waals surface area contributed by atoms with Crippen LogP contribution in [0.5, 0.6) is 11.5 Å². The number of methoxy groups -OCH3 is 1. The van der Waals surface area contributed by atoms with E-state index in [2.05, 4.69) is 4.98 Å². The number of oxazole rings is 1. The number of hydrogen-bond acceptors (Lipinski definition) is 5. The molecule has 4 rings (SSSR count). The lowest BCUT2D eigenvalue weighted by atomic mass is 9.98. The zero-order chi connectivity index (χ0) is 21.6. The predicted molar refractivity (Wildman–Crippen MR) is 118 cm³/mol. The van der Waals surface area contributed by atoms with E-state index in [1.807, 2.05) is 60.4 Å². The summed E-state index contributed by atoms with van der Waals surface area (Å²) in [5, 5.41) is 0. The molecule has 3 aromatic rings. The highest BCUT2D eigenvalue weighted by Gasteiger charge is 2.28. The van der Waals surface area contributed by atoms with Gasteiger partial charge in [0.2, 0.25) is 0 Å². The van der Waals surface area contributed by atoms with Crippen molar-refractivity contribution in [2.45, 2.75) is 32.1 Å². The molecule has 1 amide bonds. The van der Waals surface area contributed by atoms with Crippen molar-refractivity contribution >= 4 is 5.91 Å².